The van der Waals surface area contributed by atoms with Gasteiger partial charge < -0.3 is 52.1 Å². The molecule has 5 rings (SSSR count). The van der Waals surface area contributed by atoms with Gasteiger partial charge in [0.1, 0.15) is 24.3 Å². The summed E-state index contributed by atoms with van der Waals surface area (Å²) in [5.41, 5.74) is 0.0144. The summed E-state index contributed by atoms with van der Waals surface area (Å²) >= 11 is 5.58. The van der Waals surface area contributed by atoms with Crippen LogP contribution in [-0.2, 0) is 34.8 Å². The molecule has 0 N–H and O–H groups in total. The molecule has 0 fully saturated rings. The number of halogens is 1. The van der Waals surface area contributed by atoms with Crippen LogP contribution in [0.4, 0.5) is 9.59 Å². The van der Waals surface area contributed by atoms with Crippen LogP contribution in [0.1, 0.15) is 68.9 Å². The van der Waals surface area contributed by atoms with Crippen LogP contribution in [0.3, 0.4) is 0 Å². The highest BCUT2D eigenvalue weighted by Gasteiger charge is 2.42. The Morgan fingerprint density at radius 3 is 1.22 bits per heavy atom. The number of aromatic nitrogens is 1. The number of pyridine rings is 1. The number of ether oxygens (including phenoxy) is 11. The van der Waals surface area contributed by atoms with Crippen LogP contribution >= 0.6 is 11.6 Å². The molecular formula is C52H60ClN3O16. The molecule has 0 bridgehead atoms. The van der Waals surface area contributed by atoms with Crippen molar-refractivity contribution in [2.24, 2.45) is 0 Å². The largest absolute Gasteiger partial charge is 0.493 e. The molecule has 0 aliphatic rings. The van der Waals surface area contributed by atoms with Crippen molar-refractivity contribution in [3.8, 4) is 34.5 Å². The van der Waals surface area contributed by atoms with Gasteiger partial charge in [0.15, 0.2) is 29.1 Å². The zero-order chi connectivity index (χ0) is 52.8. The molecule has 20 heteroatoms. The Kier molecular flexibility index (Phi) is 21.6. The van der Waals surface area contributed by atoms with Crippen molar-refractivity contribution in [2.45, 2.75) is 37.8 Å². The zero-order valence-corrected chi connectivity index (χ0v) is 42.6. The fourth-order valence-corrected chi connectivity index (χ4v) is 7.65. The van der Waals surface area contributed by atoms with E-state index in [0.29, 0.717) is 52.9 Å². The average molecular weight is 1020 g/mol. The number of rotatable bonds is 22. The summed E-state index contributed by atoms with van der Waals surface area (Å²) in [5, 5.41) is 0. The lowest BCUT2D eigenvalue weighted by Crippen LogP contribution is -2.50. The molecule has 72 heavy (non-hydrogen) atoms. The zero-order valence-electron chi connectivity index (χ0n) is 41.9. The monoisotopic (exact) mass is 1020 g/mol. The van der Waals surface area contributed by atoms with Gasteiger partial charge in [-0.3, -0.25) is 14.8 Å². The molecular weight excluding hydrogens is 958 g/mol. The highest BCUT2D eigenvalue weighted by atomic mass is 35.5. The van der Waals surface area contributed by atoms with Crippen LogP contribution < -0.4 is 28.4 Å². The topological polar surface area (TPSA) is 206 Å². The Balaban J connectivity index is 0.000000321. The number of carbonyl (C=O) groups excluding carboxylic acids is 5. The summed E-state index contributed by atoms with van der Waals surface area (Å²) in [6, 6.07) is 27.2. The molecule has 1 aromatic heterocycles. The van der Waals surface area contributed by atoms with E-state index in [1.54, 1.807) is 13.1 Å². The first-order chi connectivity index (χ1) is 34.7. The third-order valence-corrected chi connectivity index (χ3v) is 11.9. The molecule has 386 valence electrons. The third kappa shape index (κ3) is 13.5. The second-order valence-electron chi connectivity index (χ2n) is 15.3. The first-order valence-electron chi connectivity index (χ1n) is 22.2. The number of methoxy groups -OCH3 is 6. The molecule has 1 heterocycles. The molecule has 2 amide bonds. The summed E-state index contributed by atoms with van der Waals surface area (Å²) in [5.74, 6) is -0.0363. The van der Waals surface area contributed by atoms with E-state index in [-0.39, 0.29) is 36.0 Å². The Morgan fingerprint density at radius 1 is 0.500 bits per heavy atom. The lowest BCUT2D eigenvalue weighted by Gasteiger charge is -2.40. The van der Waals surface area contributed by atoms with Gasteiger partial charge in [0.05, 0.1) is 59.3 Å². The number of likely N-dealkylation sites (N-methyl/N-ethyl adjacent to an activating group) is 2. The Morgan fingerprint density at radius 2 is 0.889 bits per heavy atom. The Labute approximate surface area is 423 Å². The fourth-order valence-electron chi connectivity index (χ4n) is 7.56. The molecule has 0 saturated carbocycles. The number of esters is 3. The second-order valence-corrected chi connectivity index (χ2v) is 15.5. The summed E-state index contributed by atoms with van der Waals surface area (Å²) in [6.45, 7) is 2.81. The predicted molar refractivity (Wildman–Crippen MR) is 263 cm³/mol. The van der Waals surface area contributed by atoms with Gasteiger partial charge in [-0.05, 0) is 60.4 Å². The second kappa shape index (κ2) is 27.5. The number of benzene rings is 4. The van der Waals surface area contributed by atoms with Crippen LogP contribution in [-0.4, -0.2) is 128 Å². The summed E-state index contributed by atoms with van der Waals surface area (Å²) in [6.07, 6.45) is 2.27. The molecule has 0 radical (unpaired) electrons. The van der Waals surface area contributed by atoms with Gasteiger partial charge in [-0.1, -0.05) is 86.1 Å². The Hall–Kier alpha value is -7.93. The van der Waals surface area contributed by atoms with Crippen LogP contribution in [0, 0.1) is 0 Å². The molecule has 19 nitrogen and oxygen atoms in total. The molecule has 0 spiro atoms. The van der Waals surface area contributed by atoms with Crippen molar-refractivity contribution in [2.75, 3.05) is 82.8 Å². The normalized spacial score (nSPS) is 12.1. The van der Waals surface area contributed by atoms with Crippen LogP contribution in [0.2, 0.25) is 0 Å². The van der Waals surface area contributed by atoms with Crippen molar-refractivity contribution in [3.63, 3.8) is 0 Å². The van der Waals surface area contributed by atoms with E-state index in [2.05, 4.69) is 4.98 Å². The number of carbonyl (C=O) groups is 5. The Bertz CT molecular complexity index is 2520. The molecule has 5 aromatic rings. The minimum atomic E-state index is -1.11. The van der Waals surface area contributed by atoms with Gasteiger partial charge in [-0.15, -0.1) is 0 Å². The number of nitrogens with zero attached hydrogens (tertiary/aromatic N) is 3. The SMILES string of the molecule is CC[C@@](COC(=O)c1cc(OC)c(OC)c(OC)c1)(c1ccccc1)N(C)C(=O)OCCl.CC[C@@](COC(=O)c1cc(OC)c(OC)c(OC)c1)(c1ccccc1)N(C)C(=O)OCOC(=O)c1cccnc1. The maximum Gasteiger partial charge on any atom is 0.413 e. The van der Waals surface area contributed by atoms with E-state index < -0.39 is 48.0 Å². The van der Waals surface area contributed by atoms with Gasteiger partial charge in [0.25, 0.3) is 0 Å². The van der Waals surface area contributed by atoms with Crippen LogP contribution in [0.5, 0.6) is 34.5 Å². The molecule has 0 aliphatic carbocycles. The van der Waals surface area contributed by atoms with Crippen molar-refractivity contribution < 1.29 is 76.1 Å². The highest BCUT2D eigenvalue weighted by Crippen LogP contribution is 2.41. The number of hydrogen-bond donors (Lipinski definition) is 0. The van der Waals surface area contributed by atoms with E-state index in [4.69, 9.17) is 63.7 Å². The summed E-state index contributed by atoms with van der Waals surface area (Å²) in [7, 11) is 11.8. The number of alkyl halides is 1. The van der Waals surface area contributed by atoms with Crippen molar-refractivity contribution in [1.29, 1.82) is 0 Å². The van der Waals surface area contributed by atoms with Crippen LogP contribution in [0.25, 0.3) is 0 Å². The lowest BCUT2D eigenvalue weighted by atomic mass is 9.86. The standard InChI is InChI=1S/C29H32N2O9.C23H28ClNO7/c1-6-29(22-12-8-7-9-13-22,31(2)28(34)40-19-39-26(32)20-11-10-14-30-17-20)18-38-27(33)21-15-23(35-3)25(37-5)24(16-21)36-4;1-6-23(17-10-8-7-9-11-17,25(2)22(27)32-15-24)14-31-21(26)16-12-18(28-3)20(30-5)19(13-16)29-4/h7-17H,6,18-19H2,1-5H3;7-13H,6,14-15H2,1-5H3/t29-;23-/m11/s1. The van der Waals surface area contributed by atoms with Crippen molar-refractivity contribution in [3.05, 3.63) is 137 Å². The van der Waals surface area contributed by atoms with E-state index >= 15 is 0 Å². The molecule has 4 aromatic carbocycles. The first kappa shape index (κ1) is 56.7. The summed E-state index contributed by atoms with van der Waals surface area (Å²) < 4.78 is 58.6. The quantitative estimate of drug-likeness (QED) is 0.0274. The minimum Gasteiger partial charge on any atom is -0.493 e. The van der Waals surface area contributed by atoms with Gasteiger partial charge in [-0.25, -0.2) is 24.0 Å². The van der Waals surface area contributed by atoms with Crippen molar-refractivity contribution in [1.82, 2.24) is 14.8 Å². The summed E-state index contributed by atoms with van der Waals surface area (Å²) in [4.78, 5) is 70.5. The maximum absolute atomic E-state index is 13.2. The highest BCUT2D eigenvalue weighted by molar-refractivity contribution is 6.17. The smallest absolute Gasteiger partial charge is 0.413 e. The van der Waals surface area contributed by atoms with Gasteiger partial charge in [0, 0.05) is 26.5 Å². The average Bonchev–Trinajstić information content (AvgIpc) is 3.43. The van der Waals surface area contributed by atoms with Crippen molar-refractivity contribution >= 4 is 41.7 Å². The van der Waals surface area contributed by atoms with Gasteiger partial charge in [0.2, 0.25) is 18.3 Å². The number of amides is 2. The molecule has 0 unspecified atom stereocenters. The number of hydrogen-bond acceptors (Lipinski definition) is 17. The minimum absolute atomic E-state index is 0.114. The molecule has 0 aliphatic heterocycles. The van der Waals surface area contributed by atoms with E-state index in [9.17, 15) is 24.0 Å². The van der Waals surface area contributed by atoms with Crippen LogP contribution in [0.15, 0.2) is 109 Å². The van der Waals surface area contributed by atoms with E-state index in [1.807, 2.05) is 74.5 Å². The fraction of sp³-hybridized carbons (Fsp3) is 0.346. The van der Waals surface area contributed by atoms with Gasteiger partial charge in [-0.2, -0.15) is 0 Å². The maximum atomic E-state index is 13.2. The lowest BCUT2D eigenvalue weighted by molar-refractivity contribution is -0.0328. The van der Waals surface area contributed by atoms with Gasteiger partial charge >= 0.3 is 30.1 Å². The molecule has 2 atom stereocenters. The third-order valence-electron chi connectivity index (χ3n) is 11.8. The molecule has 0 saturated heterocycles. The first-order valence-corrected chi connectivity index (χ1v) is 22.7. The predicted octanol–water partition coefficient (Wildman–Crippen LogP) is 8.89. The van der Waals surface area contributed by atoms with E-state index in [1.165, 1.54) is 102 Å². The van der Waals surface area contributed by atoms with E-state index in [0.717, 1.165) is 5.56 Å².